The van der Waals surface area contributed by atoms with Crippen molar-refractivity contribution in [3.63, 3.8) is 0 Å². The summed E-state index contributed by atoms with van der Waals surface area (Å²) in [6.07, 6.45) is 5.24. The molecule has 1 aromatic rings. The Bertz CT molecular complexity index is 537. The predicted octanol–water partition coefficient (Wildman–Crippen LogP) is 1.17. The molecule has 118 valence electrons. The maximum absolute atomic E-state index is 12.0. The minimum atomic E-state index is -0.108. The lowest BCUT2D eigenvalue weighted by Gasteiger charge is -2.32. The first kappa shape index (κ1) is 16.1. The minimum Gasteiger partial charge on any atom is -0.349 e. The van der Waals surface area contributed by atoms with E-state index in [1.165, 1.54) is 6.92 Å². The summed E-state index contributed by atoms with van der Waals surface area (Å²) in [5.41, 5.74) is 0.593. The van der Waals surface area contributed by atoms with Gasteiger partial charge in [-0.3, -0.25) is 14.6 Å². The summed E-state index contributed by atoms with van der Waals surface area (Å²) in [4.78, 5) is 40.6. The van der Waals surface area contributed by atoms with Crippen molar-refractivity contribution in [2.75, 3.05) is 13.1 Å². The maximum Gasteiger partial charge on any atom is 0.251 e. The molecule has 1 aliphatic rings. The van der Waals surface area contributed by atoms with Crippen molar-refractivity contribution in [3.8, 4) is 0 Å². The van der Waals surface area contributed by atoms with Crippen LogP contribution in [0.3, 0.4) is 0 Å². The number of hydrogen-bond acceptors (Lipinski definition) is 4. The molecular formula is C16H21N3O3. The molecule has 2 rings (SSSR count). The summed E-state index contributed by atoms with van der Waals surface area (Å²) in [6, 6.07) is 3.43. The number of hydrogen-bond donors (Lipinski definition) is 1. The fraction of sp³-hybridized carbons (Fsp3) is 0.500. The SMILES string of the molecule is CC(=O)CCC(=O)N1CCC(NC(=O)c2ccncc2)CC1. The molecule has 1 aromatic heterocycles. The number of ketones is 1. The van der Waals surface area contributed by atoms with E-state index in [2.05, 4.69) is 10.3 Å². The van der Waals surface area contributed by atoms with E-state index in [4.69, 9.17) is 0 Å². The topological polar surface area (TPSA) is 79.4 Å². The van der Waals surface area contributed by atoms with Crippen LogP contribution >= 0.6 is 0 Å². The molecule has 1 N–H and O–H groups in total. The third kappa shape index (κ3) is 4.65. The van der Waals surface area contributed by atoms with E-state index in [9.17, 15) is 14.4 Å². The average molecular weight is 303 g/mol. The van der Waals surface area contributed by atoms with Crippen LogP contribution in [0.1, 0.15) is 43.0 Å². The molecule has 0 aliphatic carbocycles. The second-order valence-electron chi connectivity index (χ2n) is 5.57. The molecule has 1 fully saturated rings. The molecule has 1 saturated heterocycles. The molecule has 2 heterocycles. The predicted molar refractivity (Wildman–Crippen MR) is 81.2 cm³/mol. The van der Waals surface area contributed by atoms with Gasteiger partial charge in [-0.2, -0.15) is 0 Å². The average Bonchev–Trinajstić information content (AvgIpc) is 2.54. The number of rotatable bonds is 5. The van der Waals surface area contributed by atoms with Crippen molar-refractivity contribution < 1.29 is 14.4 Å². The van der Waals surface area contributed by atoms with Crippen molar-refractivity contribution in [3.05, 3.63) is 30.1 Å². The lowest BCUT2D eigenvalue weighted by molar-refractivity contribution is -0.133. The molecule has 0 unspecified atom stereocenters. The number of nitrogens with one attached hydrogen (secondary N) is 1. The second-order valence-corrected chi connectivity index (χ2v) is 5.57. The number of carbonyl (C=O) groups excluding carboxylic acids is 3. The molecule has 6 nitrogen and oxygen atoms in total. The molecule has 6 heteroatoms. The Morgan fingerprint density at radius 1 is 1.18 bits per heavy atom. The number of aromatic nitrogens is 1. The van der Waals surface area contributed by atoms with Crippen molar-refractivity contribution >= 4 is 17.6 Å². The van der Waals surface area contributed by atoms with Crippen molar-refractivity contribution in [2.45, 2.75) is 38.6 Å². The summed E-state index contributed by atoms with van der Waals surface area (Å²) in [6.45, 7) is 2.74. The Balaban J connectivity index is 1.76. The van der Waals surface area contributed by atoms with Gasteiger partial charge in [0.2, 0.25) is 5.91 Å². The molecular weight excluding hydrogens is 282 g/mol. The van der Waals surface area contributed by atoms with Crippen molar-refractivity contribution in [1.29, 1.82) is 0 Å². The van der Waals surface area contributed by atoms with Crippen LogP contribution in [-0.2, 0) is 9.59 Å². The summed E-state index contributed by atoms with van der Waals surface area (Å²) in [5, 5.41) is 2.99. The zero-order valence-electron chi connectivity index (χ0n) is 12.7. The van der Waals surface area contributed by atoms with Crippen molar-refractivity contribution in [1.82, 2.24) is 15.2 Å². The van der Waals surface area contributed by atoms with Crippen LogP contribution in [0.25, 0.3) is 0 Å². The van der Waals surface area contributed by atoms with Gasteiger partial charge in [0, 0.05) is 49.9 Å². The van der Waals surface area contributed by atoms with Crippen LogP contribution in [0.4, 0.5) is 0 Å². The Morgan fingerprint density at radius 3 is 2.41 bits per heavy atom. The van der Waals surface area contributed by atoms with Gasteiger partial charge in [-0.25, -0.2) is 0 Å². The molecule has 2 amide bonds. The molecule has 1 aliphatic heterocycles. The molecule has 0 saturated carbocycles. The number of piperidine rings is 1. The summed E-state index contributed by atoms with van der Waals surface area (Å²) in [5.74, 6) is -0.0503. The second kappa shape index (κ2) is 7.68. The fourth-order valence-corrected chi connectivity index (χ4v) is 2.49. The normalized spacial score (nSPS) is 15.4. The first-order valence-corrected chi connectivity index (χ1v) is 7.54. The quantitative estimate of drug-likeness (QED) is 0.885. The van der Waals surface area contributed by atoms with Gasteiger partial charge in [-0.15, -0.1) is 0 Å². The van der Waals surface area contributed by atoms with Gasteiger partial charge < -0.3 is 15.0 Å². The molecule has 0 atom stereocenters. The number of nitrogens with zero attached hydrogens (tertiary/aromatic N) is 2. The molecule has 0 spiro atoms. The Hall–Kier alpha value is -2.24. The number of carbonyl (C=O) groups is 3. The van der Waals surface area contributed by atoms with Gasteiger partial charge in [0.1, 0.15) is 5.78 Å². The Kier molecular flexibility index (Phi) is 5.63. The first-order valence-electron chi connectivity index (χ1n) is 7.54. The van der Waals surface area contributed by atoms with Gasteiger partial charge in [0.25, 0.3) is 5.91 Å². The van der Waals surface area contributed by atoms with Crippen molar-refractivity contribution in [2.24, 2.45) is 0 Å². The Morgan fingerprint density at radius 2 is 1.82 bits per heavy atom. The zero-order valence-corrected chi connectivity index (χ0v) is 12.7. The van der Waals surface area contributed by atoms with Crippen LogP contribution in [0, 0.1) is 0 Å². The van der Waals surface area contributed by atoms with Crippen LogP contribution < -0.4 is 5.32 Å². The highest BCUT2D eigenvalue weighted by Crippen LogP contribution is 2.13. The number of likely N-dealkylation sites (tertiary alicyclic amines) is 1. The molecule has 0 aromatic carbocycles. The summed E-state index contributed by atoms with van der Waals surface area (Å²) in [7, 11) is 0. The van der Waals surface area contributed by atoms with E-state index < -0.39 is 0 Å². The molecule has 22 heavy (non-hydrogen) atoms. The lowest BCUT2D eigenvalue weighted by Crippen LogP contribution is -2.46. The largest absolute Gasteiger partial charge is 0.349 e. The van der Waals surface area contributed by atoms with E-state index in [1.54, 1.807) is 29.4 Å². The fourth-order valence-electron chi connectivity index (χ4n) is 2.49. The van der Waals surface area contributed by atoms with Crippen LogP contribution in [0.5, 0.6) is 0 Å². The minimum absolute atomic E-state index is 0.0223. The van der Waals surface area contributed by atoms with Gasteiger partial charge in [0.05, 0.1) is 0 Å². The first-order chi connectivity index (χ1) is 10.6. The van der Waals surface area contributed by atoms with E-state index in [0.717, 1.165) is 12.8 Å². The molecule has 0 radical (unpaired) electrons. The van der Waals surface area contributed by atoms with E-state index in [0.29, 0.717) is 25.1 Å². The smallest absolute Gasteiger partial charge is 0.251 e. The van der Waals surface area contributed by atoms with Crippen LogP contribution in [0.2, 0.25) is 0 Å². The van der Waals surface area contributed by atoms with Gasteiger partial charge in [-0.1, -0.05) is 0 Å². The van der Waals surface area contributed by atoms with E-state index >= 15 is 0 Å². The lowest BCUT2D eigenvalue weighted by atomic mass is 10.0. The van der Waals surface area contributed by atoms with E-state index in [-0.39, 0.29) is 30.1 Å². The third-order valence-electron chi connectivity index (χ3n) is 3.82. The van der Waals surface area contributed by atoms with Gasteiger partial charge in [0.15, 0.2) is 0 Å². The monoisotopic (exact) mass is 303 g/mol. The Labute approximate surface area is 129 Å². The molecule has 0 bridgehead atoms. The summed E-state index contributed by atoms with van der Waals surface area (Å²) < 4.78 is 0. The standard InChI is InChI=1S/C16H21N3O3/c1-12(20)2-3-15(21)19-10-6-14(7-11-19)18-16(22)13-4-8-17-9-5-13/h4-5,8-9,14H,2-3,6-7,10-11H2,1H3,(H,18,22). The zero-order chi connectivity index (χ0) is 15.9. The van der Waals surface area contributed by atoms with Gasteiger partial charge in [-0.05, 0) is 31.9 Å². The highest BCUT2D eigenvalue weighted by Gasteiger charge is 2.24. The maximum atomic E-state index is 12.0. The number of amides is 2. The third-order valence-corrected chi connectivity index (χ3v) is 3.82. The highest BCUT2D eigenvalue weighted by atomic mass is 16.2. The van der Waals surface area contributed by atoms with Crippen LogP contribution in [0.15, 0.2) is 24.5 Å². The summed E-state index contributed by atoms with van der Waals surface area (Å²) >= 11 is 0. The highest BCUT2D eigenvalue weighted by molar-refractivity contribution is 5.94. The van der Waals surface area contributed by atoms with Gasteiger partial charge >= 0.3 is 0 Å². The van der Waals surface area contributed by atoms with Crippen LogP contribution in [-0.4, -0.2) is 46.6 Å². The van der Waals surface area contributed by atoms with E-state index in [1.807, 2.05) is 0 Å². The number of pyridine rings is 1. The number of Topliss-reactive ketones (excluding diaryl/α,β-unsaturated/α-hetero) is 1.